The molecule has 0 saturated heterocycles. The van der Waals surface area contributed by atoms with Gasteiger partial charge in [0.25, 0.3) is 0 Å². The van der Waals surface area contributed by atoms with Crippen molar-refractivity contribution in [2.24, 2.45) is 0 Å². The predicted octanol–water partition coefficient (Wildman–Crippen LogP) is 2.80. The van der Waals surface area contributed by atoms with Crippen LogP contribution in [0.25, 0.3) is 10.8 Å². The monoisotopic (exact) mass is 229 g/mol. The highest BCUT2D eigenvalue weighted by Gasteiger charge is 2.04. The van der Waals surface area contributed by atoms with E-state index >= 15 is 0 Å². The average molecular weight is 229 g/mol. The largest absolute Gasteiger partial charge is 0.396 e. The van der Waals surface area contributed by atoms with Gasteiger partial charge in [0.2, 0.25) is 0 Å². The van der Waals surface area contributed by atoms with E-state index in [1.54, 1.807) is 11.8 Å². The summed E-state index contributed by atoms with van der Waals surface area (Å²) >= 11 is 1.61. The first-order chi connectivity index (χ1) is 7.86. The highest BCUT2D eigenvalue weighted by molar-refractivity contribution is 7.99. The summed E-state index contributed by atoms with van der Waals surface area (Å²) in [6.45, 7) is 0.166. The minimum absolute atomic E-state index is 0.166. The first-order valence-electron chi connectivity index (χ1n) is 5.02. The summed E-state index contributed by atoms with van der Waals surface area (Å²) in [5.41, 5.74) is 0.698. The van der Waals surface area contributed by atoms with Crippen molar-refractivity contribution in [3.8, 4) is 6.07 Å². The highest BCUT2D eigenvalue weighted by atomic mass is 32.2. The van der Waals surface area contributed by atoms with Gasteiger partial charge in [0, 0.05) is 16.0 Å². The van der Waals surface area contributed by atoms with Crippen LogP contribution in [-0.4, -0.2) is 17.5 Å². The summed E-state index contributed by atoms with van der Waals surface area (Å²) < 4.78 is 0. The van der Waals surface area contributed by atoms with E-state index in [4.69, 9.17) is 10.4 Å². The lowest BCUT2D eigenvalue weighted by Gasteiger charge is -2.06. The van der Waals surface area contributed by atoms with Crippen LogP contribution in [0.1, 0.15) is 5.56 Å². The van der Waals surface area contributed by atoms with Crippen molar-refractivity contribution in [3.63, 3.8) is 0 Å². The molecule has 2 rings (SSSR count). The Morgan fingerprint density at radius 3 is 2.56 bits per heavy atom. The molecule has 80 valence electrons. The van der Waals surface area contributed by atoms with Crippen LogP contribution in [0.4, 0.5) is 0 Å². The van der Waals surface area contributed by atoms with E-state index in [2.05, 4.69) is 6.07 Å². The van der Waals surface area contributed by atoms with Crippen LogP contribution in [0.2, 0.25) is 0 Å². The molecular formula is C13H11NOS. The van der Waals surface area contributed by atoms with Crippen LogP contribution in [-0.2, 0) is 0 Å². The summed E-state index contributed by atoms with van der Waals surface area (Å²) in [5, 5.41) is 19.9. The molecule has 0 aliphatic carbocycles. The Hall–Kier alpha value is -1.50. The fraction of sp³-hybridized carbons (Fsp3) is 0.154. The third kappa shape index (κ3) is 2.04. The molecule has 3 heteroatoms. The van der Waals surface area contributed by atoms with Crippen LogP contribution in [0.3, 0.4) is 0 Å². The fourth-order valence-corrected chi connectivity index (χ4v) is 2.46. The molecule has 0 aliphatic heterocycles. The van der Waals surface area contributed by atoms with Crippen molar-refractivity contribution in [1.82, 2.24) is 0 Å². The van der Waals surface area contributed by atoms with Crippen LogP contribution < -0.4 is 0 Å². The third-order valence-corrected chi connectivity index (χ3v) is 3.41. The number of benzene rings is 2. The number of nitrogens with zero attached hydrogens (tertiary/aromatic N) is 1. The van der Waals surface area contributed by atoms with E-state index in [-0.39, 0.29) is 6.61 Å². The van der Waals surface area contributed by atoms with Gasteiger partial charge in [-0.25, -0.2) is 0 Å². The maximum absolute atomic E-state index is 9.01. The van der Waals surface area contributed by atoms with E-state index in [1.807, 2.05) is 36.4 Å². The number of aliphatic hydroxyl groups excluding tert-OH is 1. The van der Waals surface area contributed by atoms with Crippen LogP contribution in [0.15, 0.2) is 41.3 Å². The molecule has 0 radical (unpaired) electrons. The number of nitriles is 1. The minimum atomic E-state index is 0.166. The zero-order valence-corrected chi connectivity index (χ0v) is 9.50. The summed E-state index contributed by atoms with van der Waals surface area (Å²) in [6.07, 6.45) is 0. The Balaban J connectivity index is 2.57. The average Bonchev–Trinajstić information content (AvgIpc) is 2.36. The number of thioether (sulfide) groups is 1. The van der Waals surface area contributed by atoms with Crippen molar-refractivity contribution < 1.29 is 5.11 Å². The number of rotatable bonds is 3. The van der Waals surface area contributed by atoms with Crippen molar-refractivity contribution in [1.29, 1.82) is 5.26 Å². The van der Waals surface area contributed by atoms with E-state index < -0.39 is 0 Å². The van der Waals surface area contributed by atoms with Gasteiger partial charge in [-0.05, 0) is 17.5 Å². The minimum Gasteiger partial charge on any atom is -0.396 e. The van der Waals surface area contributed by atoms with Gasteiger partial charge in [-0.1, -0.05) is 24.3 Å². The molecule has 0 aromatic heterocycles. The molecule has 0 saturated carbocycles. The second-order valence-corrected chi connectivity index (χ2v) is 4.48. The molecule has 1 N–H and O–H groups in total. The number of hydrogen-bond donors (Lipinski definition) is 1. The smallest absolute Gasteiger partial charge is 0.0998 e. The molecule has 0 heterocycles. The number of aliphatic hydroxyl groups is 1. The van der Waals surface area contributed by atoms with Crippen molar-refractivity contribution in [2.45, 2.75) is 4.90 Å². The Kier molecular flexibility index (Phi) is 3.45. The molecule has 0 spiro atoms. The maximum atomic E-state index is 9.01. The lowest BCUT2D eigenvalue weighted by Crippen LogP contribution is -1.88. The van der Waals surface area contributed by atoms with Gasteiger partial charge in [0.15, 0.2) is 0 Å². The van der Waals surface area contributed by atoms with E-state index in [0.29, 0.717) is 11.3 Å². The van der Waals surface area contributed by atoms with Gasteiger partial charge < -0.3 is 5.11 Å². The zero-order valence-electron chi connectivity index (χ0n) is 8.68. The number of fused-ring (bicyclic) bond motifs is 1. The van der Waals surface area contributed by atoms with Gasteiger partial charge in [0.1, 0.15) is 0 Å². The molecule has 2 nitrogen and oxygen atoms in total. The molecule has 2 aromatic rings. The van der Waals surface area contributed by atoms with Crippen molar-refractivity contribution in [3.05, 3.63) is 42.0 Å². The normalized spacial score (nSPS) is 10.2. The van der Waals surface area contributed by atoms with Crippen LogP contribution >= 0.6 is 11.8 Å². The third-order valence-electron chi connectivity index (χ3n) is 2.35. The second kappa shape index (κ2) is 5.02. The molecule has 0 aliphatic rings. The van der Waals surface area contributed by atoms with Gasteiger partial charge in [0.05, 0.1) is 18.2 Å². The van der Waals surface area contributed by atoms with E-state index in [1.165, 1.54) is 0 Å². The lowest BCUT2D eigenvalue weighted by molar-refractivity contribution is 0.322. The Morgan fingerprint density at radius 2 is 1.88 bits per heavy atom. The lowest BCUT2D eigenvalue weighted by atomic mass is 10.1. The van der Waals surface area contributed by atoms with E-state index in [9.17, 15) is 0 Å². The Morgan fingerprint density at radius 1 is 1.12 bits per heavy atom. The molecule has 0 unspecified atom stereocenters. The molecule has 0 bridgehead atoms. The van der Waals surface area contributed by atoms with Crippen molar-refractivity contribution in [2.75, 3.05) is 12.4 Å². The number of hydrogen-bond acceptors (Lipinski definition) is 3. The second-order valence-electron chi connectivity index (χ2n) is 3.34. The topological polar surface area (TPSA) is 44.0 Å². The van der Waals surface area contributed by atoms with Gasteiger partial charge in [-0.3, -0.25) is 0 Å². The predicted molar refractivity (Wildman–Crippen MR) is 66.5 cm³/mol. The molecule has 2 aromatic carbocycles. The first-order valence-corrected chi connectivity index (χ1v) is 6.01. The molecular weight excluding hydrogens is 218 g/mol. The van der Waals surface area contributed by atoms with Gasteiger partial charge in [-0.15, -0.1) is 11.8 Å². The van der Waals surface area contributed by atoms with E-state index in [0.717, 1.165) is 15.7 Å². The molecule has 0 amide bonds. The van der Waals surface area contributed by atoms with Gasteiger partial charge in [-0.2, -0.15) is 5.26 Å². The molecule has 0 atom stereocenters. The quantitative estimate of drug-likeness (QED) is 0.823. The summed E-state index contributed by atoms with van der Waals surface area (Å²) in [5.74, 6) is 0.676. The standard InChI is InChI=1S/C13H11NOS/c14-9-10-5-6-13(16-8-7-15)12-4-2-1-3-11(10)12/h1-6,15H,7-8H2. The maximum Gasteiger partial charge on any atom is 0.0998 e. The summed E-state index contributed by atoms with van der Waals surface area (Å²) in [6, 6.07) is 13.8. The first kappa shape index (κ1) is 11.0. The molecule has 0 fully saturated rings. The summed E-state index contributed by atoms with van der Waals surface area (Å²) in [4.78, 5) is 1.11. The van der Waals surface area contributed by atoms with Crippen LogP contribution in [0, 0.1) is 11.3 Å². The highest BCUT2D eigenvalue weighted by Crippen LogP contribution is 2.29. The van der Waals surface area contributed by atoms with Crippen molar-refractivity contribution >= 4 is 22.5 Å². The fourth-order valence-electron chi connectivity index (χ4n) is 1.65. The zero-order chi connectivity index (χ0) is 11.4. The molecule has 16 heavy (non-hydrogen) atoms. The summed E-state index contributed by atoms with van der Waals surface area (Å²) in [7, 11) is 0. The van der Waals surface area contributed by atoms with Crippen LogP contribution in [0.5, 0.6) is 0 Å². The Bertz CT molecular complexity index is 545. The van der Waals surface area contributed by atoms with Gasteiger partial charge >= 0.3 is 0 Å². The SMILES string of the molecule is N#Cc1ccc(SCCO)c2ccccc12. The Labute approximate surface area is 98.5 Å².